The second-order valence-corrected chi connectivity index (χ2v) is 5.76. The zero-order chi connectivity index (χ0) is 12.0. The maximum Gasteiger partial charge on any atom is 0.241 e. The summed E-state index contributed by atoms with van der Waals surface area (Å²) in [6.07, 6.45) is 6.49. The maximum atomic E-state index is 12.4. The quantitative estimate of drug-likeness (QED) is 0.774. The van der Waals surface area contributed by atoms with Gasteiger partial charge >= 0.3 is 0 Å². The van der Waals surface area contributed by atoms with Crippen LogP contribution in [0.15, 0.2) is 0 Å². The van der Waals surface area contributed by atoms with Crippen molar-refractivity contribution in [3.8, 4) is 6.07 Å². The molecule has 0 radical (unpaired) electrons. The molecule has 1 aliphatic heterocycles. The molecule has 92 valence electrons. The second kappa shape index (κ2) is 3.99. The molecule has 0 bridgehead atoms. The summed E-state index contributed by atoms with van der Waals surface area (Å²) in [5.41, 5.74) is 6.10. The zero-order valence-corrected chi connectivity index (χ0v) is 10.0. The summed E-state index contributed by atoms with van der Waals surface area (Å²) in [5.74, 6) is 0.965. The maximum absolute atomic E-state index is 12.4. The normalized spacial score (nSPS) is 37.6. The number of hydrogen-bond donors (Lipinski definition) is 1. The van der Waals surface area contributed by atoms with Crippen molar-refractivity contribution in [1.82, 2.24) is 4.90 Å². The monoisotopic (exact) mass is 233 g/mol. The molecule has 4 heteroatoms. The topological polar surface area (TPSA) is 70.1 Å². The Balaban J connectivity index is 1.70. The number of fused-ring (bicyclic) bond motifs is 1. The Morgan fingerprint density at radius 1 is 1.35 bits per heavy atom. The first-order chi connectivity index (χ1) is 8.22. The van der Waals surface area contributed by atoms with E-state index in [0.717, 1.165) is 25.7 Å². The molecule has 4 nitrogen and oxygen atoms in total. The van der Waals surface area contributed by atoms with Crippen LogP contribution in [0.4, 0.5) is 0 Å². The van der Waals surface area contributed by atoms with Gasteiger partial charge in [-0.2, -0.15) is 5.26 Å². The molecule has 1 heterocycles. The molecule has 3 aliphatic rings. The van der Waals surface area contributed by atoms with Gasteiger partial charge in [-0.3, -0.25) is 4.79 Å². The predicted octanol–water partition coefficient (Wildman–Crippen LogP) is 1.02. The summed E-state index contributed by atoms with van der Waals surface area (Å²) in [6, 6.07) is 2.01. The van der Waals surface area contributed by atoms with Gasteiger partial charge in [0.15, 0.2) is 0 Å². The molecular formula is C13H19N3O. The molecular weight excluding hydrogens is 214 g/mol. The third-order valence-corrected chi connectivity index (χ3v) is 4.70. The lowest BCUT2D eigenvalue weighted by molar-refractivity contribution is -0.134. The van der Waals surface area contributed by atoms with Gasteiger partial charge in [0.25, 0.3) is 0 Å². The lowest BCUT2D eigenvalue weighted by atomic mass is 9.97. The molecule has 3 rings (SSSR count). The second-order valence-electron chi connectivity index (χ2n) is 5.76. The highest BCUT2D eigenvalue weighted by Crippen LogP contribution is 2.48. The van der Waals surface area contributed by atoms with Gasteiger partial charge in [0.1, 0.15) is 6.04 Å². The fourth-order valence-electron chi connectivity index (χ4n) is 3.58. The number of nitrogens with zero attached hydrogens (tertiary/aromatic N) is 2. The smallest absolute Gasteiger partial charge is 0.241 e. The first kappa shape index (κ1) is 11.0. The average molecular weight is 233 g/mol. The number of piperidine rings is 1. The highest BCUT2D eigenvalue weighted by atomic mass is 16.2. The van der Waals surface area contributed by atoms with Crippen LogP contribution >= 0.6 is 0 Å². The van der Waals surface area contributed by atoms with E-state index in [4.69, 9.17) is 11.0 Å². The summed E-state index contributed by atoms with van der Waals surface area (Å²) in [6.45, 7) is 0. The molecule has 17 heavy (non-hydrogen) atoms. The van der Waals surface area contributed by atoms with E-state index < -0.39 is 0 Å². The van der Waals surface area contributed by atoms with Gasteiger partial charge in [0.2, 0.25) is 5.91 Å². The Hall–Kier alpha value is -1.08. The summed E-state index contributed by atoms with van der Waals surface area (Å²) >= 11 is 0. The van der Waals surface area contributed by atoms with Crippen LogP contribution in [0.25, 0.3) is 0 Å². The fourth-order valence-corrected chi connectivity index (χ4v) is 3.58. The van der Waals surface area contributed by atoms with Crippen LogP contribution in [-0.4, -0.2) is 28.9 Å². The van der Waals surface area contributed by atoms with E-state index in [1.807, 2.05) is 0 Å². The molecule has 0 spiro atoms. The Morgan fingerprint density at radius 2 is 2.06 bits per heavy atom. The molecule has 4 unspecified atom stereocenters. The third-order valence-electron chi connectivity index (χ3n) is 4.70. The van der Waals surface area contributed by atoms with E-state index in [9.17, 15) is 4.79 Å². The number of nitriles is 1. The number of carbonyl (C=O) groups is 1. The minimum atomic E-state index is -0.368. The molecule has 0 aromatic heterocycles. The molecule has 3 fully saturated rings. The van der Waals surface area contributed by atoms with E-state index in [0.29, 0.717) is 17.9 Å². The van der Waals surface area contributed by atoms with Crippen molar-refractivity contribution in [2.24, 2.45) is 17.6 Å². The van der Waals surface area contributed by atoms with Gasteiger partial charge in [-0.05, 0) is 37.5 Å². The highest BCUT2D eigenvalue weighted by molar-refractivity contribution is 5.83. The molecule has 2 N–H and O–H groups in total. The molecule has 2 saturated carbocycles. The van der Waals surface area contributed by atoms with Gasteiger partial charge in [-0.25, -0.2) is 0 Å². The minimum Gasteiger partial charge on any atom is -0.322 e. The van der Waals surface area contributed by atoms with Crippen LogP contribution < -0.4 is 5.73 Å². The lowest BCUT2D eigenvalue weighted by Crippen LogP contribution is -2.50. The van der Waals surface area contributed by atoms with Crippen molar-refractivity contribution in [1.29, 1.82) is 5.26 Å². The van der Waals surface area contributed by atoms with Crippen LogP contribution in [0.3, 0.4) is 0 Å². The number of hydrogen-bond acceptors (Lipinski definition) is 3. The van der Waals surface area contributed by atoms with Crippen LogP contribution in [0.1, 0.15) is 38.5 Å². The number of rotatable bonds is 2. The molecule has 0 aromatic carbocycles. The number of amides is 1. The third kappa shape index (κ3) is 1.73. The van der Waals surface area contributed by atoms with Gasteiger partial charge < -0.3 is 10.6 Å². The minimum absolute atomic E-state index is 0.0356. The fraction of sp³-hybridized carbons (Fsp3) is 0.846. The van der Waals surface area contributed by atoms with E-state index in [-0.39, 0.29) is 18.0 Å². The van der Waals surface area contributed by atoms with Crippen molar-refractivity contribution >= 4 is 5.91 Å². The highest BCUT2D eigenvalue weighted by Gasteiger charge is 2.55. The standard InChI is InChI=1S/C13H19N3O/c14-7-10-5-9-6-11(9)16(10)13(17)12(15)8-3-1-2-4-8/h8-12H,1-6,15H2. The van der Waals surface area contributed by atoms with Gasteiger partial charge in [0.05, 0.1) is 12.1 Å². The van der Waals surface area contributed by atoms with Crippen LogP contribution in [-0.2, 0) is 4.79 Å². The summed E-state index contributed by atoms with van der Waals surface area (Å²) in [7, 11) is 0. The van der Waals surface area contributed by atoms with Crippen molar-refractivity contribution in [3.63, 3.8) is 0 Å². The Labute approximate surface area is 102 Å². The first-order valence-electron chi connectivity index (χ1n) is 6.69. The first-order valence-corrected chi connectivity index (χ1v) is 6.69. The molecule has 1 saturated heterocycles. The SMILES string of the molecule is N#CC1CC2CC2N1C(=O)C(N)C1CCCC1. The van der Waals surface area contributed by atoms with Crippen LogP contribution in [0.5, 0.6) is 0 Å². The molecule has 2 aliphatic carbocycles. The summed E-state index contributed by atoms with van der Waals surface area (Å²) in [4.78, 5) is 14.2. The van der Waals surface area contributed by atoms with Gasteiger partial charge in [-0.15, -0.1) is 0 Å². The number of likely N-dealkylation sites (tertiary alicyclic amines) is 1. The van der Waals surface area contributed by atoms with E-state index in [1.54, 1.807) is 4.90 Å². The number of nitrogens with two attached hydrogens (primary N) is 1. The summed E-state index contributed by atoms with van der Waals surface area (Å²) in [5, 5.41) is 9.09. The lowest BCUT2D eigenvalue weighted by Gasteiger charge is -2.28. The van der Waals surface area contributed by atoms with Gasteiger partial charge in [0, 0.05) is 6.04 Å². The number of carbonyl (C=O) groups excluding carboxylic acids is 1. The van der Waals surface area contributed by atoms with Crippen molar-refractivity contribution < 1.29 is 4.79 Å². The van der Waals surface area contributed by atoms with E-state index in [1.165, 1.54) is 12.8 Å². The zero-order valence-electron chi connectivity index (χ0n) is 10.0. The van der Waals surface area contributed by atoms with E-state index >= 15 is 0 Å². The predicted molar refractivity (Wildman–Crippen MR) is 62.7 cm³/mol. The van der Waals surface area contributed by atoms with Crippen LogP contribution in [0, 0.1) is 23.2 Å². The van der Waals surface area contributed by atoms with Gasteiger partial charge in [-0.1, -0.05) is 12.8 Å². The van der Waals surface area contributed by atoms with Crippen molar-refractivity contribution in [2.75, 3.05) is 0 Å². The van der Waals surface area contributed by atoms with Crippen molar-refractivity contribution in [3.05, 3.63) is 0 Å². The van der Waals surface area contributed by atoms with Crippen LogP contribution in [0.2, 0.25) is 0 Å². The molecule has 1 amide bonds. The Kier molecular flexibility index (Phi) is 2.59. The largest absolute Gasteiger partial charge is 0.322 e. The van der Waals surface area contributed by atoms with Crippen molar-refractivity contribution in [2.45, 2.75) is 56.7 Å². The van der Waals surface area contributed by atoms with E-state index in [2.05, 4.69) is 6.07 Å². The Morgan fingerprint density at radius 3 is 2.71 bits per heavy atom. The Bertz CT molecular complexity index is 369. The summed E-state index contributed by atoms with van der Waals surface area (Å²) < 4.78 is 0. The molecule has 0 aromatic rings. The molecule has 4 atom stereocenters. The average Bonchev–Trinajstić information content (AvgIpc) is 2.83.